The van der Waals surface area contributed by atoms with Crippen molar-refractivity contribution in [3.63, 3.8) is 0 Å². The molecule has 2 heterocycles. The van der Waals surface area contributed by atoms with Crippen molar-refractivity contribution >= 4 is 39.0 Å². The Balaban J connectivity index is 1.69. The molecule has 1 aromatic carbocycles. The summed E-state index contributed by atoms with van der Waals surface area (Å²) in [5, 5.41) is 2.62. The number of thioether (sulfide) groups is 1. The van der Waals surface area contributed by atoms with E-state index in [2.05, 4.69) is 51.6 Å². The molecule has 0 amide bonds. The monoisotopic (exact) mass is 339 g/mol. The van der Waals surface area contributed by atoms with Crippen molar-refractivity contribution in [2.45, 2.75) is 29.0 Å². The van der Waals surface area contributed by atoms with Crippen LogP contribution in [0.15, 0.2) is 45.1 Å². The minimum Gasteiger partial charge on any atom is -0.326 e. The van der Waals surface area contributed by atoms with Gasteiger partial charge in [0.2, 0.25) is 0 Å². The van der Waals surface area contributed by atoms with Gasteiger partial charge >= 0.3 is 0 Å². The highest BCUT2D eigenvalue weighted by Crippen LogP contribution is 2.39. The standard InChI is InChI=1S/C14H14BrNS2/c15-10-5-6-17-13(10)8-11(16)14-7-9-3-1-2-4-12(9)18-14/h1-6,11,14H,7-8,16H2. The third kappa shape index (κ3) is 2.52. The molecule has 2 N–H and O–H groups in total. The van der Waals surface area contributed by atoms with Crippen LogP contribution in [0.4, 0.5) is 0 Å². The first kappa shape index (κ1) is 12.7. The van der Waals surface area contributed by atoms with Gasteiger partial charge in [0.25, 0.3) is 0 Å². The molecule has 0 saturated heterocycles. The largest absolute Gasteiger partial charge is 0.326 e. The Morgan fingerprint density at radius 3 is 2.89 bits per heavy atom. The van der Waals surface area contributed by atoms with Crippen LogP contribution in [-0.4, -0.2) is 11.3 Å². The van der Waals surface area contributed by atoms with Gasteiger partial charge in [0.1, 0.15) is 0 Å². The van der Waals surface area contributed by atoms with E-state index >= 15 is 0 Å². The van der Waals surface area contributed by atoms with Crippen LogP contribution in [0.3, 0.4) is 0 Å². The highest BCUT2D eigenvalue weighted by Gasteiger charge is 2.27. The first-order valence-corrected chi connectivity index (χ1v) is 8.51. The Morgan fingerprint density at radius 1 is 1.33 bits per heavy atom. The van der Waals surface area contributed by atoms with Crippen molar-refractivity contribution in [2.75, 3.05) is 0 Å². The van der Waals surface area contributed by atoms with Crippen molar-refractivity contribution in [3.05, 3.63) is 50.6 Å². The Morgan fingerprint density at radius 2 is 2.17 bits per heavy atom. The maximum absolute atomic E-state index is 6.38. The smallest absolute Gasteiger partial charge is 0.0314 e. The lowest BCUT2D eigenvalue weighted by Gasteiger charge is -2.17. The van der Waals surface area contributed by atoms with Crippen LogP contribution >= 0.6 is 39.0 Å². The maximum atomic E-state index is 6.38. The molecule has 2 atom stereocenters. The van der Waals surface area contributed by atoms with Crippen LogP contribution in [0.2, 0.25) is 0 Å². The van der Waals surface area contributed by atoms with Gasteiger partial charge in [-0.2, -0.15) is 0 Å². The van der Waals surface area contributed by atoms with Gasteiger partial charge in [-0.05, 0) is 51.8 Å². The highest BCUT2D eigenvalue weighted by molar-refractivity contribution is 9.10. The zero-order chi connectivity index (χ0) is 12.5. The molecule has 4 heteroatoms. The van der Waals surface area contributed by atoms with Crippen LogP contribution in [0.25, 0.3) is 0 Å². The summed E-state index contributed by atoms with van der Waals surface area (Å²) >= 11 is 7.30. The first-order chi connectivity index (χ1) is 8.74. The normalized spacial score (nSPS) is 19.8. The molecule has 1 aliphatic rings. The van der Waals surface area contributed by atoms with Crippen molar-refractivity contribution in [1.29, 1.82) is 0 Å². The molecule has 3 rings (SSSR count). The van der Waals surface area contributed by atoms with E-state index in [1.54, 1.807) is 11.3 Å². The molecule has 1 aliphatic heterocycles. The van der Waals surface area contributed by atoms with Crippen molar-refractivity contribution in [2.24, 2.45) is 5.73 Å². The zero-order valence-electron chi connectivity index (χ0n) is 9.80. The number of hydrogen-bond acceptors (Lipinski definition) is 3. The van der Waals surface area contributed by atoms with Gasteiger partial charge in [-0.25, -0.2) is 0 Å². The third-order valence-electron chi connectivity index (χ3n) is 3.26. The van der Waals surface area contributed by atoms with Gasteiger partial charge < -0.3 is 5.73 Å². The molecule has 18 heavy (non-hydrogen) atoms. The molecule has 0 fully saturated rings. The molecule has 1 aromatic heterocycles. The summed E-state index contributed by atoms with van der Waals surface area (Å²) in [6, 6.07) is 11.0. The topological polar surface area (TPSA) is 26.0 Å². The fraction of sp³-hybridized carbons (Fsp3) is 0.286. The van der Waals surface area contributed by atoms with E-state index in [1.807, 2.05) is 11.8 Å². The molecule has 2 aromatic rings. The number of thiophene rings is 1. The second-order valence-corrected chi connectivity index (χ2v) is 7.66. The molecule has 1 nitrogen and oxygen atoms in total. The van der Waals surface area contributed by atoms with Crippen LogP contribution in [-0.2, 0) is 12.8 Å². The summed E-state index contributed by atoms with van der Waals surface area (Å²) in [6.45, 7) is 0. The summed E-state index contributed by atoms with van der Waals surface area (Å²) in [5.41, 5.74) is 7.84. The van der Waals surface area contributed by atoms with E-state index in [0.717, 1.165) is 12.8 Å². The predicted octanol–water partition coefficient (Wildman–Crippen LogP) is 4.10. The Labute approximate surface area is 124 Å². The molecular formula is C14H14BrNS2. The quantitative estimate of drug-likeness (QED) is 0.910. The van der Waals surface area contributed by atoms with Crippen LogP contribution in [0, 0.1) is 0 Å². The van der Waals surface area contributed by atoms with Gasteiger partial charge in [-0.3, -0.25) is 0 Å². The second kappa shape index (κ2) is 5.37. The van der Waals surface area contributed by atoms with Crippen molar-refractivity contribution in [1.82, 2.24) is 0 Å². The Hall–Kier alpha value is -0.290. The molecular weight excluding hydrogens is 326 g/mol. The molecule has 2 unspecified atom stereocenters. The van der Waals surface area contributed by atoms with E-state index in [0.29, 0.717) is 5.25 Å². The van der Waals surface area contributed by atoms with E-state index in [-0.39, 0.29) is 6.04 Å². The summed E-state index contributed by atoms with van der Waals surface area (Å²) < 4.78 is 1.20. The van der Waals surface area contributed by atoms with E-state index < -0.39 is 0 Å². The molecule has 94 valence electrons. The summed E-state index contributed by atoms with van der Waals surface area (Å²) in [7, 11) is 0. The minimum absolute atomic E-state index is 0.220. The summed E-state index contributed by atoms with van der Waals surface area (Å²) in [4.78, 5) is 2.77. The fourth-order valence-corrected chi connectivity index (χ4v) is 5.17. The SMILES string of the molecule is NC(Cc1sccc1Br)C1Cc2ccccc2S1. The van der Waals surface area contributed by atoms with Crippen LogP contribution in [0.5, 0.6) is 0 Å². The number of fused-ring (bicyclic) bond motifs is 1. The minimum atomic E-state index is 0.220. The molecule has 0 bridgehead atoms. The number of nitrogens with two attached hydrogens (primary N) is 1. The van der Waals surface area contributed by atoms with E-state index in [9.17, 15) is 0 Å². The lowest BCUT2D eigenvalue weighted by Crippen LogP contribution is -2.34. The molecule has 0 spiro atoms. The third-order valence-corrected chi connectivity index (χ3v) is 6.68. The fourth-order valence-electron chi connectivity index (χ4n) is 2.26. The van der Waals surface area contributed by atoms with Crippen LogP contribution in [0.1, 0.15) is 10.4 Å². The number of benzene rings is 1. The first-order valence-electron chi connectivity index (χ1n) is 5.96. The predicted molar refractivity (Wildman–Crippen MR) is 83.5 cm³/mol. The lowest BCUT2D eigenvalue weighted by atomic mass is 10.0. The summed E-state index contributed by atoms with van der Waals surface area (Å²) in [5.74, 6) is 0. The number of halogens is 1. The van der Waals surface area contributed by atoms with Gasteiger partial charge in [0.05, 0.1) is 0 Å². The lowest BCUT2D eigenvalue weighted by molar-refractivity contribution is 0.636. The Bertz CT molecular complexity index is 527. The molecule has 0 radical (unpaired) electrons. The highest BCUT2D eigenvalue weighted by atomic mass is 79.9. The van der Waals surface area contributed by atoms with Gasteiger partial charge in [0, 0.05) is 25.5 Å². The maximum Gasteiger partial charge on any atom is 0.0314 e. The van der Waals surface area contributed by atoms with E-state index in [4.69, 9.17) is 5.73 Å². The van der Waals surface area contributed by atoms with Gasteiger partial charge in [0.15, 0.2) is 0 Å². The molecule has 0 aliphatic carbocycles. The van der Waals surface area contributed by atoms with E-state index in [1.165, 1.54) is 19.8 Å². The van der Waals surface area contributed by atoms with Gasteiger partial charge in [-0.1, -0.05) is 18.2 Å². The average Bonchev–Trinajstić information content (AvgIpc) is 2.96. The Kier molecular flexibility index (Phi) is 3.80. The summed E-state index contributed by atoms with van der Waals surface area (Å²) in [6.07, 6.45) is 2.06. The van der Waals surface area contributed by atoms with Crippen molar-refractivity contribution in [3.8, 4) is 0 Å². The van der Waals surface area contributed by atoms with Crippen LogP contribution < -0.4 is 5.73 Å². The molecule has 0 saturated carbocycles. The zero-order valence-corrected chi connectivity index (χ0v) is 13.0. The second-order valence-electron chi connectivity index (χ2n) is 4.53. The average molecular weight is 340 g/mol. The van der Waals surface area contributed by atoms with Gasteiger partial charge in [-0.15, -0.1) is 23.1 Å². The number of rotatable bonds is 3. The number of hydrogen-bond donors (Lipinski definition) is 1. The van der Waals surface area contributed by atoms with Crippen molar-refractivity contribution < 1.29 is 0 Å².